The van der Waals surface area contributed by atoms with Gasteiger partial charge < -0.3 is 14.2 Å². The Bertz CT molecular complexity index is 1440. The lowest BCUT2D eigenvalue weighted by molar-refractivity contribution is -0.131. The van der Waals surface area contributed by atoms with Gasteiger partial charge in [0.2, 0.25) is 0 Å². The maximum absolute atomic E-state index is 14.0. The standard InChI is InChI=1S/C29H30N2O5S/c1-15(2)16-12-13-19-22(14-16)37-29(30-19)31-24(18-9-7-11-21(34-3)26(18)35-4)23-25(32)17-8-5-6-10-20(17)36-27(23)28(31)33/h7,9,11-15,17,20,24H,5-6,8,10H2,1-4H3. The molecule has 7 nitrogen and oxygen atoms in total. The number of carbonyl (C=O) groups is 2. The highest BCUT2D eigenvalue weighted by molar-refractivity contribution is 7.22. The molecule has 0 bridgehead atoms. The molecular weight excluding hydrogens is 488 g/mol. The number of benzene rings is 2. The van der Waals surface area contributed by atoms with Crippen LogP contribution in [-0.4, -0.2) is 37.0 Å². The van der Waals surface area contributed by atoms with E-state index in [-0.39, 0.29) is 29.5 Å². The van der Waals surface area contributed by atoms with Crippen LogP contribution in [0.25, 0.3) is 10.2 Å². The number of methoxy groups -OCH3 is 2. The SMILES string of the molecule is COc1cccc(C2C3=C(OC4CCCCC4C3=O)C(=O)N2c2nc3ccc(C(C)C)cc3s2)c1OC. The van der Waals surface area contributed by atoms with Gasteiger partial charge in [-0.1, -0.05) is 49.8 Å². The van der Waals surface area contributed by atoms with E-state index in [2.05, 4.69) is 26.0 Å². The second kappa shape index (κ2) is 9.17. The van der Waals surface area contributed by atoms with E-state index in [0.29, 0.717) is 33.7 Å². The van der Waals surface area contributed by atoms with Gasteiger partial charge in [0, 0.05) is 5.56 Å². The monoisotopic (exact) mass is 518 g/mol. The van der Waals surface area contributed by atoms with E-state index in [9.17, 15) is 9.59 Å². The summed E-state index contributed by atoms with van der Waals surface area (Å²) in [7, 11) is 3.14. The van der Waals surface area contributed by atoms with Crippen molar-refractivity contribution in [2.45, 2.75) is 57.6 Å². The van der Waals surface area contributed by atoms with Gasteiger partial charge in [-0.05, 0) is 48.9 Å². The number of anilines is 1. The van der Waals surface area contributed by atoms with Gasteiger partial charge in [-0.15, -0.1) is 0 Å². The number of aromatic nitrogens is 1. The van der Waals surface area contributed by atoms with Crippen LogP contribution in [0.5, 0.6) is 11.5 Å². The molecule has 2 aliphatic heterocycles. The number of amides is 1. The van der Waals surface area contributed by atoms with E-state index in [4.69, 9.17) is 19.2 Å². The molecule has 1 aliphatic carbocycles. The number of carbonyl (C=O) groups excluding carboxylic acids is 2. The highest BCUT2D eigenvalue weighted by Gasteiger charge is 2.53. The summed E-state index contributed by atoms with van der Waals surface area (Å²) in [5.41, 5.74) is 3.11. The number of rotatable bonds is 5. The molecular formula is C29H30N2O5S. The van der Waals surface area contributed by atoms with Gasteiger partial charge in [0.05, 0.1) is 35.9 Å². The zero-order valence-corrected chi connectivity index (χ0v) is 22.3. The van der Waals surface area contributed by atoms with Crippen molar-refractivity contribution in [1.29, 1.82) is 0 Å². The van der Waals surface area contributed by atoms with Gasteiger partial charge in [-0.3, -0.25) is 14.5 Å². The van der Waals surface area contributed by atoms with Gasteiger partial charge in [-0.2, -0.15) is 0 Å². The molecule has 3 aliphatic rings. The average Bonchev–Trinajstić information content (AvgIpc) is 3.46. The molecule has 192 valence electrons. The summed E-state index contributed by atoms with van der Waals surface area (Å²) >= 11 is 1.45. The summed E-state index contributed by atoms with van der Waals surface area (Å²) in [5, 5.41) is 0.532. The van der Waals surface area contributed by atoms with Gasteiger partial charge >= 0.3 is 0 Å². The zero-order valence-electron chi connectivity index (χ0n) is 21.4. The van der Waals surface area contributed by atoms with Crippen molar-refractivity contribution in [2.24, 2.45) is 5.92 Å². The smallest absolute Gasteiger partial charge is 0.296 e. The molecule has 3 atom stereocenters. The van der Waals surface area contributed by atoms with Crippen molar-refractivity contribution in [1.82, 2.24) is 4.98 Å². The number of nitrogens with zero attached hydrogens (tertiary/aromatic N) is 2. The molecule has 0 radical (unpaired) electrons. The van der Waals surface area contributed by atoms with E-state index in [1.165, 1.54) is 16.9 Å². The molecule has 3 aromatic rings. The number of ether oxygens (including phenoxy) is 3. The zero-order chi connectivity index (χ0) is 25.8. The van der Waals surface area contributed by atoms with Crippen LogP contribution >= 0.6 is 11.3 Å². The fourth-order valence-corrected chi connectivity index (χ4v) is 6.90. The Labute approximate surface area is 220 Å². The third kappa shape index (κ3) is 3.72. The normalized spacial score (nSPS) is 23.4. The number of hydrogen-bond donors (Lipinski definition) is 0. The first-order valence-electron chi connectivity index (χ1n) is 12.8. The fourth-order valence-electron chi connectivity index (χ4n) is 5.86. The van der Waals surface area contributed by atoms with Crippen molar-refractivity contribution in [3.05, 3.63) is 58.9 Å². The van der Waals surface area contributed by atoms with E-state index in [0.717, 1.165) is 35.9 Å². The summed E-state index contributed by atoms with van der Waals surface area (Å²) in [6, 6.07) is 11.0. The first kappa shape index (κ1) is 24.0. The quantitative estimate of drug-likeness (QED) is 0.416. The number of fused-ring (bicyclic) bond motifs is 2. The maximum atomic E-state index is 14.0. The van der Waals surface area contributed by atoms with Gasteiger partial charge in [0.25, 0.3) is 5.91 Å². The Kier molecular flexibility index (Phi) is 5.94. The number of thiazole rings is 1. The molecule has 1 amide bonds. The first-order chi connectivity index (χ1) is 17.9. The van der Waals surface area contributed by atoms with Crippen LogP contribution in [0.15, 0.2) is 47.7 Å². The fraction of sp³-hybridized carbons (Fsp3) is 0.414. The van der Waals surface area contributed by atoms with Crippen LogP contribution in [0.1, 0.15) is 62.6 Å². The molecule has 1 aromatic heterocycles. The Morgan fingerprint density at radius 3 is 2.65 bits per heavy atom. The summed E-state index contributed by atoms with van der Waals surface area (Å²) < 4.78 is 18.7. The summed E-state index contributed by atoms with van der Waals surface area (Å²) in [6.45, 7) is 4.30. The molecule has 0 spiro atoms. The molecule has 1 fully saturated rings. The lowest BCUT2D eigenvalue weighted by Crippen LogP contribution is -2.39. The molecule has 0 N–H and O–H groups in total. The van der Waals surface area contributed by atoms with E-state index in [1.54, 1.807) is 25.2 Å². The molecule has 0 saturated heterocycles. The van der Waals surface area contributed by atoms with Crippen LogP contribution in [0.3, 0.4) is 0 Å². The van der Waals surface area contributed by atoms with Crippen molar-refractivity contribution < 1.29 is 23.8 Å². The molecule has 2 aromatic carbocycles. The van der Waals surface area contributed by atoms with Crippen LogP contribution in [0, 0.1) is 5.92 Å². The van der Waals surface area contributed by atoms with Gasteiger partial charge in [0.15, 0.2) is 28.2 Å². The van der Waals surface area contributed by atoms with Crippen LogP contribution in [-0.2, 0) is 14.3 Å². The Balaban J connectivity index is 1.54. The van der Waals surface area contributed by atoms with Crippen molar-refractivity contribution in [3.63, 3.8) is 0 Å². The number of hydrogen-bond acceptors (Lipinski definition) is 7. The van der Waals surface area contributed by atoms with Crippen LogP contribution < -0.4 is 14.4 Å². The lowest BCUT2D eigenvalue weighted by Gasteiger charge is -2.35. The third-order valence-corrected chi connectivity index (χ3v) is 8.78. The van der Waals surface area contributed by atoms with Gasteiger partial charge in [-0.25, -0.2) is 4.98 Å². The summed E-state index contributed by atoms with van der Waals surface area (Å²) in [6.07, 6.45) is 3.29. The highest BCUT2D eigenvalue weighted by Crippen LogP contribution is 2.52. The van der Waals surface area contributed by atoms with Gasteiger partial charge in [0.1, 0.15) is 12.1 Å². The van der Waals surface area contributed by atoms with E-state index >= 15 is 0 Å². The summed E-state index contributed by atoms with van der Waals surface area (Å²) in [5.74, 6) is 0.995. The molecule has 1 saturated carbocycles. The second-order valence-corrected chi connectivity index (χ2v) is 11.2. The topological polar surface area (TPSA) is 78.0 Å². The van der Waals surface area contributed by atoms with E-state index < -0.39 is 6.04 Å². The minimum Gasteiger partial charge on any atom is -0.493 e. The number of Topliss-reactive ketones (excluding diaryl/α,β-unsaturated/α-hetero) is 1. The molecule has 6 rings (SSSR count). The van der Waals surface area contributed by atoms with Crippen LogP contribution in [0.2, 0.25) is 0 Å². The molecule has 3 heterocycles. The summed E-state index contributed by atoms with van der Waals surface area (Å²) in [4.78, 5) is 34.5. The number of para-hydroxylation sites is 1. The largest absolute Gasteiger partial charge is 0.493 e. The number of ketones is 1. The van der Waals surface area contributed by atoms with Crippen LogP contribution in [0.4, 0.5) is 5.13 Å². The average molecular weight is 519 g/mol. The Hall–Kier alpha value is -3.39. The third-order valence-electron chi connectivity index (χ3n) is 7.77. The minimum atomic E-state index is -0.715. The lowest BCUT2D eigenvalue weighted by atomic mass is 9.77. The maximum Gasteiger partial charge on any atom is 0.296 e. The molecule has 3 unspecified atom stereocenters. The minimum absolute atomic E-state index is 0.000113. The van der Waals surface area contributed by atoms with Crippen molar-refractivity contribution >= 4 is 38.4 Å². The predicted octanol–water partition coefficient (Wildman–Crippen LogP) is 5.94. The highest BCUT2D eigenvalue weighted by atomic mass is 32.1. The first-order valence-corrected chi connectivity index (χ1v) is 13.6. The molecule has 37 heavy (non-hydrogen) atoms. The van der Waals surface area contributed by atoms with E-state index in [1.807, 2.05) is 18.2 Å². The van der Waals surface area contributed by atoms with Crippen molar-refractivity contribution in [3.8, 4) is 11.5 Å². The Morgan fingerprint density at radius 2 is 1.89 bits per heavy atom. The Morgan fingerprint density at radius 1 is 1.08 bits per heavy atom. The predicted molar refractivity (Wildman–Crippen MR) is 142 cm³/mol. The molecule has 8 heteroatoms. The van der Waals surface area contributed by atoms with Crippen molar-refractivity contribution in [2.75, 3.05) is 19.1 Å². The second-order valence-electron chi connectivity index (χ2n) is 10.2.